The number of thiocarbonyl (C=S) groups is 1. The third-order valence-corrected chi connectivity index (χ3v) is 3.57. The topological polar surface area (TPSA) is 49.3 Å². The quantitative estimate of drug-likeness (QED) is 0.506. The van der Waals surface area contributed by atoms with Gasteiger partial charge in [-0.1, -0.05) is 19.3 Å². The van der Waals surface area contributed by atoms with Crippen LogP contribution in [0.3, 0.4) is 0 Å². The predicted octanol–water partition coefficient (Wildman–Crippen LogP) is 2.60. The van der Waals surface area contributed by atoms with Crippen LogP contribution in [0.5, 0.6) is 0 Å². The molecular weight excluding hydrogens is 256 g/mol. The maximum absolute atomic E-state index is 5.26. The highest BCUT2D eigenvalue weighted by atomic mass is 32.1. The lowest BCUT2D eigenvalue weighted by Gasteiger charge is -2.23. The van der Waals surface area contributed by atoms with E-state index in [0.29, 0.717) is 11.2 Å². The minimum atomic E-state index is 0.505. The summed E-state index contributed by atoms with van der Waals surface area (Å²) < 4.78 is 0. The van der Waals surface area contributed by atoms with Crippen LogP contribution in [0.2, 0.25) is 0 Å². The fourth-order valence-electron chi connectivity index (χ4n) is 2.26. The molecule has 102 valence electrons. The molecule has 0 bridgehead atoms. The van der Waals surface area contributed by atoms with Gasteiger partial charge in [-0.2, -0.15) is 5.10 Å². The summed E-state index contributed by atoms with van der Waals surface area (Å²) in [6.07, 6.45) is 9.85. The molecule has 0 aliphatic heterocycles. The molecule has 1 aliphatic rings. The minimum Gasteiger partial charge on any atom is -0.359 e. The number of hydrogen-bond donors (Lipinski definition) is 2. The molecule has 0 amide bonds. The van der Waals surface area contributed by atoms with Crippen LogP contribution in [0.4, 0.5) is 0 Å². The number of nitrogens with one attached hydrogen (secondary N) is 2. The van der Waals surface area contributed by atoms with Crippen molar-refractivity contribution in [2.24, 2.45) is 5.10 Å². The van der Waals surface area contributed by atoms with E-state index in [1.807, 2.05) is 19.1 Å². The first-order chi connectivity index (χ1) is 9.25. The van der Waals surface area contributed by atoms with Gasteiger partial charge in [0.25, 0.3) is 0 Å². The Morgan fingerprint density at radius 2 is 1.95 bits per heavy atom. The maximum atomic E-state index is 5.26. The molecule has 1 saturated carbocycles. The monoisotopic (exact) mass is 276 g/mol. The highest BCUT2D eigenvalue weighted by molar-refractivity contribution is 7.80. The van der Waals surface area contributed by atoms with Crippen LogP contribution in [0, 0.1) is 0 Å². The standard InChI is InChI=1S/C14H20N4S/c1-11(12-7-9-15-10-8-12)17-18-14(19)16-13-5-3-2-4-6-13/h7-10,13H,2-6H2,1H3,(H2,16,18,19)/b17-11+. The summed E-state index contributed by atoms with van der Waals surface area (Å²) in [7, 11) is 0. The van der Waals surface area contributed by atoms with Gasteiger partial charge in [-0.3, -0.25) is 10.4 Å². The second kappa shape index (κ2) is 7.19. The van der Waals surface area contributed by atoms with Crippen molar-refractivity contribution < 1.29 is 0 Å². The Morgan fingerprint density at radius 1 is 1.26 bits per heavy atom. The number of pyridine rings is 1. The van der Waals surface area contributed by atoms with E-state index in [2.05, 4.69) is 20.8 Å². The molecule has 2 rings (SSSR count). The zero-order chi connectivity index (χ0) is 13.5. The van der Waals surface area contributed by atoms with Gasteiger partial charge in [0.15, 0.2) is 5.11 Å². The minimum absolute atomic E-state index is 0.505. The molecule has 0 spiro atoms. The molecule has 4 nitrogen and oxygen atoms in total. The third kappa shape index (κ3) is 4.59. The second-order valence-electron chi connectivity index (χ2n) is 4.85. The average molecular weight is 276 g/mol. The molecule has 0 saturated heterocycles. The summed E-state index contributed by atoms with van der Waals surface area (Å²) >= 11 is 5.26. The molecule has 5 heteroatoms. The number of nitrogens with zero attached hydrogens (tertiary/aromatic N) is 2. The van der Waals surface area contributed by atoms with Crippen molar-refractivity contribution in [3.05, 3.63) is 30.1 Å². The van der Waals surface area contributed by atoms with Gasteiger partial charge in [0, 0.05) is 24.0 Å². The first-order valence-corrected chi connectivity index (χ1v) is 7.18. The SMILES string of the molecule is C/C(=N\NC(=S)NC1CCCCC1)c1ccncc1. The third-order valence-electron chi connectivity index (χ3n) is 3.36. The first-order valence-electron chi connectivity index (χ1n) is 6.77. The van der Waals surface area contributed by atoms with Crippen LogP contribution < -0.4 is 10.7 Å². The highest BCUT2D eigenvalue weighted by Crippen LogP contribution is 2.17. The summed E-state index contributed by atoms with van der Waals surface area (Å²) in [5.41, 5.74) is 4.86. The second-order valence-corrected chi connectivity index (χ2v) is 5.26. The van der Waals surface area contributed by atoms with E-state index < -0.39 is 0 Å². The van der Waals surface area contributed by atoms with Crippen LogP contribution in [0.1, 0.15) is 44.6 Å². The van der Waals surface area contributed by atoms with Crippen molar-refractivity contribution in [1.29, 1.82) is 0 Å². The smallest absolute Gasteiger partial charge is 0.187 e. The molecule has 1 aromatic rings. The molecular formula is C14H20N4S. The largest absolute Gasteiger partial charge is 0.359 e. The summed E-state index contributed by atoms with van der Waals surface area (Å²) in [6, 6.07) is 4.36. The fourth-order valence-corrected chi connectivity index (χ4v) is 2.47. The van der Waals surface area contributed by atoms with Gasteiger partial charge in [-0.15, -0.1) is 0 Å². The van der Waals surface area contributed by atoms with E-state index in [9.17, 15) is 0 Å². The van der Waals surface area contributed by atoms with E-state index in [1.165, 1.54) is 32.1 Å². The summed E-state index contributed by atoms with van der Waals surface area (Å²) in [6.45, 7) is 1.95. The summed E-state index contributed by atoms with van der Waals surface area (Å²) in [4.78, 5) is 3.99. The Balaban J connectivity index is 1.82. The predicted molar refractivity (Wildman–Crippen MR) is 82.2 cm³/mol. The van der Waals surface area contributed by atoms with E-state index in [0.717, 1.165) is 11.3 Å². The lowest BCUT2D eigenvalue weighted by Crippen LogP contribution is -2.41. The Kier molecular flexibility index (Phi) is 5.27. The summed E-state index contributed by atoms with van der Waals surface area (Å²) in [5.74, 6) is 0. The Bertz CT molecular complexity index is 438. The Hall–Kier alpha value is -1.49. The maximum Gasteiger partial charge on any atom is 0.187 e. The van der Waals surface area contributed by atoms with Crippen LogP contribution in [-0.2, 0) is 0 Å². The van der Waals surface area contributed by atoms with Crippen molar-refractivity contribution in [2.75, 3.05) is 0 Å². The van der Waals surface area contributed by atoms with E-state index in [4.69, 9.17) is 12.2 Å². The van der Waals surface area contributed by atoms with Crippen molar-refractivity contribution >= 4 is 23.0 Å². The van der Waals surface area contributed by atoms with Gasteiger partial charge in [0.05, 0.1) is 5.71 Å². The zero-order valence-electron chi connectivity index (χ0n) is 11.2. The van der Waals surface area contributed by atoms with Crippen molar-refractivity contribution in [1.82, 2.24) is 15.7 Å². The molecule has 0 radical (unpaired) electrons. The van der Waals surface area contributed by atoms with Gasteiger partial charge in [0.2, 0.25) is 0 Å². The van der Waals surface area contributed by atoms with Crippen LogP contribution >= 0.6 is 12.2 Å². The molecule has 1 aliphatic carbocycles. The molecule has 2 N–H and O–H groups in total. The van der Waals surface area contributed by atoms with E-state index in [1.54, 1.807) is 12.4 Å². The molecule has 1 heterocycles. The molecule has 19 heavy (non-hydrogen) atoms. The van der Waals surface area contributed by atoms with Crippen LogP contribution in [0.25, 0.3) is 0 Å². The van der Waals surface area contributed by atoms with Gasteiger partial charge in [0.1, 0.15) is 0 Å². The van der Waals surface area contributed by atoms with Crippen molar-refractivity contribution in [2.45, 2.75) is 45.1 Å². The van der Waals surface area contributed by atoms with E-state index in [-0.39, 0.29) is 0 Å². The Labute approximate surface area is 119 Å². The van der Waals surface area contributed by atoms with Gasteiger partial charge in [-0.25, -0.2) is 0 Å². The molecule has 1 fully saturated rings. The van der Waals surface area contributed by atoms with Crippen LogP contribution in [0.15, 0.2) is 29.6 Å². The van der Waals surface area contributed by atoms with Crippen LogP contribution in [-0.4, -0.2) is 21.8 Å². The van der Waals surface area contributed by atoms with Crippen molar-refractivity contribution in [3.8, 4) is 0 Å². The van der Waals surface area contributed by atoms with E-state index >= 15 is 0 Å². The number of hydrogen-bond acceptors (Lipinski definition) is 3. The normalized spacial score (nSPS) is 17.0. The van der Waals surface area contributed by atoms with Gasteiger partial charge in [-0.05, 0) is 44.1 Å². The number of rotatable bonds is 3. The molecule has 0 unspecified atom stereocenters. The van der Waals surface area contributed by atoms with Crippen molar-refractivity contribution in [3.63, 3.8) is 0 Å². The number of hydrazone groups is 1. The lowest BCUT2D eigenvalue weighted by atomic mass is 9.96. The number of aromatic nitrogens is 1. The van der Waals surface area contributed by atoms with Gasteiger partial charge >= 0.3 is 0 Å². The lowest BCUT2D eigenvalue weighted by molar-refractivity contribution is 0.412. The summed E-state index contributed by atoms with van der Waals surface area (Å²) in [5, 5.41) is 8.23. The van der Waals surface area contributed by atoms with Gasteiger partial charge < -0.3 is 5.32 Å². The highest BCUT2D eigenvalue weighted by Gasteiger charge is 2.13. The molecule has 0 aromatic carbocycles. The molecule has 1 aromatic heterocycles. The zero-order valence-corrected chi connectivity index (χ0v) is 12.0. The fraction of sp³-hybridized carbons (Fsp3) is 0.500. The first kappa shape index (κ1) is 13.9. The molecule has 0 atom stereocenters. The Morgan fingerprint density at radius 3 is 2.63 bits per heavy atom. The average Bonchev–Trinajstić information content (AvgIpc) is 2.47.